The Balaban J connectivity index is 1.71. The number of ether oxygens (including phenoxy) is 3. The first-order chi connectivity index (χ1) is 16.0. The summed E-state index contributed by atoms with van der Waals surface area (Å²) in [5, 5.41) is 10.1. The summed E-state index contributed by atoms with van der Waals surface area (Å²) in [6, 6.07) is 17.4. The number of carbonyl (C=O) groups excluding carboxylic acids is 3. The van der Waals surface area contributed by atoms with E-state index in [9.17, 15) is 19.5 Å². The molecule has 7 heteroatoms. The molecule has 1 aliphatic carbocycles. The van der Waals surface area contributed by atoms with E-state index in [1.165, 1.54) is 7.11 Å². The van der Waals surface area contributed by atoms with Crippen LogP contribution in [0.5, 0.6) is 0 Å². The standard InChI is InChI=1S/C26H30O7/c1-31-24(28)15-9-8-14-20-21(17-27)23(33-26(30)19-12-6-3-7-13-19)16-22(20)32-25(29)18-10-4-2-5-11-18/h2-7,10-13,20-23,27H,8-9,14-17H2,1H3/t20-,21+,22-,23+/m1/s1. The molecule has 33 heavy (non-hydrogen) atoms. The molecule has 0 spiro atoms. The Hall–Kier alpha value is -3.19. The number of benzene rings is 2. The fourth-order valence-corrected chi connectivity index (χ4v) is 4.36. The zero-order valence-corrected chi connectivity index (χ0v) is 18.7. The predicted octanol–water partition coefficient (Wildman–Crippen LogP) is 3.80. The molecular weight excluding hydrogens is 424 g/mol. The Morgan fingerprint density at radius 1 is 0.818 bits per heavy atom. The van der Waals surface area contributed by atoms with Gasteiger partial charge in [0.05, 0.1) is 18.2 Å². The number of esters is 3. The first-order valence-corrected chi connectivity index (χ1v) is 11.2. The molecule has 2 aromatic carbocycles. The third-order valence-electron chi connectivity index (χ3n) is 6.11. The first kappa shape index (κ1) is 24.5. The lowest BCUT2D eigenvalue weighted by atomic mass is 9.89. The van der Waals surface area contributed by atoms with Gasteiger partial charge in [0.2, 0.25) is 0 Å². The van der Waals surface area contributed by atoms with Gasteiger partial charge in [0.25, 0.3) is 0 Å². The van der Waals surface area contributed by atoms with Crippen molar-refractivity contribution < 1.29 is 33.7 Å². The van der Waals surface area contributed by atoms with Crippen LogP contribution in [0.25, 0.3) is 0 Å². The first-order valence-electron chi connectivity index (χ1n) is 11.2. The summed E-state index contributed by atoms with van der Waals surface area (Å²) in [5.74, 6) is -1.77. The van der Waals surface area contributed by atoms with E-state index in [4.69, 9.17) is 9.47 Å². The predicted molar refractivity (Wildman–Crippen MR) is 120 cm³/mol. The highest BCUT2D eigenvalue weighted by Gasteiger charge is 2.46. The lowest BCUT2D eigenvalue weighted by Gasteiger charge is -2.25. The van der Waals surface area contributed by atoms with E-state index in [1.807, 2.05) is 12.1 Å². The van der Waals surface area contributed by atoms with Crippen molar-refractivity contribution in [3.05, 3.63) is 71.8 Å². The van der Waals surface area contributed by atoms with E-state index in [2.05, 4.69) is 4.74 Å². The minimum Gasteiger partial charge on any atom is -0.469 e. The molecule has 7 nitrogen and oxygen atoms in total. The van der Waals surface area contributed by atoms with Gasteiger partial charge in [0, 0.05) is 31.3 Å². The minimum absolute atomic E-state index is 0.200. The number of hydrogen-bond donors (Lipinski definition) is 1. The molecule has 1 N–H and O–H groups in total. The van der Waals surface area contributed by atoms with Gasteiger partial charge in [-0.3, -0.25) is 4.79 Å². The smallest absolute Gasteiger partial charge is 0.338 e. The fourth-order valence-electron chi connectivity index (χ4n) is 4.36. The number of aliphatic hydroxyl groups excluding tert-OH is 1. The van der Waals surface area contributed by atoms with Crippen LogP contribution in [0, 0.1) is 11.8 Å². The van der Waals surface area contributed by atoms with Gasteiger partial charge < -0.3 is 19.3 Å². The molecule has 0 amide bonds. The third kappa shape index (κ3) is 6.65. The van der Waals surface area contributed by atoms with Gasteiger partial charge >= 0.3 is 17.9 Å². The Bertz CT molecular complexity index is 913. The molecule has 0 heterocycles. The van der Waals surface area contributed by atoms with Crippen molar-refractivity contribution in [2.24, 2.45) is 11.8 Å². The monoisotopic (exact) mass is 454 g/mol. The molecule has 0 unspecified atom stereocenters. The van der Waals surface area contributed by atoms with Crippen LogP contribution in [0.1, 0.15) is 52.8 Å². The van der Waals surface area contributed by atoms with Crippen LogP contribution < -0.4 is 0 Å². The van der Waals surface area contributed by atoms with Crippen LogP contribution in [0.15, 0.2) is 60.7 Å². The van der Waals surface area contributed by atoms with E-state index in [0.717, 1.165) is 0 Å². The summed E-state index contributed by atoms with van der Waals surface area (Å²) >= 11 is 0. The molecule has 1 saturated carbocycles. The summed E-state index contributed by atoms with van der Waals surface area (Å²) in [6.45, 7) is -0.201. The highest BCUT2D eigenvalue weighted by molar-refractivity contribution is 5.90. The maximum atomic E-state index is 12.7. The maximum absolute atomic E-state index is 12.7. The van der Waals surface area contributed by atoms with Crippen LogP contribution in [0.2, 0.25) is 0 Å². The van der Waals surface area contributed by atoms with E-state index in [0.29, 0.717) is 43.2 Å². The van der Waals surface area contributed by atoms with Crippen molar-refractivity contribution in [1.29, 1.82) is 0 Å². The number of methoxy groups -OCH3 is 1. The zero-order chi connectivity index (χ0) is 23.6. The molecule has 0 saturated heterocycles. The SMILES string of the molecule is COC(=O)CCCC[C@@H]1[C@H](CO)[C@@H](OC(=O)c2ccccc2)C[C@H]1OC(=O)c1ccccc1. The van der Waals surface area contributed by atoms with Gasteiger partial charge in [0.1, 0.15) is 12.2 Å². The summed E-state index contributed by atoms with van der Waals surface area (Å²) in [4.78, 5) is 36.7. The molecule has 0 aliphatic heterocycles. The van der Waals surface area contributed by atoms with Crippen molar-refractivity contribution in [3.8, 4) is 0 Å². The molecule has 176 valence electrons. The van der Waals surface area contributed by atoms with Gasteiger partial charge in [-0.2, -0.15) is 0 Å². The number of carbonyl (C=O) groups is 3. The van der Waals surface area contributed by atoms with Crippen molar-refractivity contribution in [3.63, 3.8) is 0 Å². The van der Waals surface area contributed by atoms with E-state index < -0.39 is 24.1 Å². The molecule has 3 rings (SSSR count). The van der Waals surface area contributed by atoms with Gasteiger partial charge in [-0.1, -0.05) is 42.8 Å². The van der Waals surface area contributed by atoms with Gasteiger partial charge in [-0.15, -0.1) is 0 Å². The van der Waals surface area contributed by atoms with Crippen LogP contribution in [0.4, 0.5) is 0 Å². The lowest BCUT2D eigenvalue weighted by Crippen LogP contribution is -2.29. The van der Waals surface area contributed by atoms with Crippen LogP contribution in [0.3, 0.4) is 0 Å². The average Bonchev–Trinajstić information content (AvgIpc) is 3.17. The van der Waals surface area contributed by atoms with Crippen LogP contribution >= 0.6 is 0 Å². The number of rotatable bonds is 10. The van der Waals surface area contributed by atoms with Crippen LogP contribution in [-0.2, 0) is 19.0 Å². The quantitative estimate of drug-likeness (QED) is 0.331. The third-order valence-corrected chi connectivity index (χ3v) is 6.11. The number of unbranched alkanes of at least 4 members (excludes halogenated alkanes) is 1. The minimum atomic E-state index is -0.582. The Morgan fingerprint density at radius 3 is 1.82 bits per heavy atom. The lowest BCUT2D eigenvalue weighted by molar-refractivity contribution is -0.140. The molecular formula is C26H30O7. The second-order valence-corrected chi connectivity index (χ2v) is 8.19. The normalized spacial score (nSPS) is 21.9. The van der Waals surface area contributed by atoms with E-state index in [1.54, 1.807) is 48.5 Å². The summed E-state index contributed by atoms with van der Waals surface area (Å²) in [7, 11) is 1.35. The molecule has 0 aromatic heterocycles. The van der Waals surface area contributed by atoms with E-state index in [-0.39, 0.29) is 24.4 Å². The highest BCUT2D eigenvalue weighted by atomic mass is 16.6. The Labute approximate surface area is 193 Å². The number of hydrogen-bond acceptors (Lipinski definition) is 7. The fraction of sp³-hybridized carbons (Fsp3) is 0.423. The van der Waals surface area contributed by atoms with Gasteiger partial charge in [0.15, 0.2) is 0 Å². The Morgan fingerprint density at radius 2 is 1.33 bits per heavy atom. The zero-order valence-electron chi connectivity index (χ0n) is 18.7. The maximum Gasteiger partial charge on any atom is 0.338 e. The average molecular weight is 455 g/mol. The topological polar surface area (TPSA) is 99.1 Å². The molecule has 2 aromatic rings. The molecule has 0 radical (unpaired) electrons. The van der Waals surface area contributed by atoms with Gasteiger partial charge in [-0.25, -0.2) is 9.59 Å². The summed E-state index contributed by atoms with van der Waals surface area (Å²) in [5.41, 5.74) is 0.862. The van der Waals surface area contributed by atoms with Crippen molar-refractivity contribution >= 4 is 17.9 Å². The van der Waals surface area contributed by atoms with E-state index >= 15 is 0 Å². The van der Waals surface area contributed by atoms with Crippen molar-refractivity contribution in [2.75, 3.05) is 13.7 Å². The molecule has 0 bridgehead atoms. The van der Waals surface area contributed by atoms with Crippen LogP contribution in [-0.4, -0.2) is 48.9 Å². The molecule has 1 fully saturated rings. The second kappa shape index (κ2) is 12.2. The van der Waals surface area contributed by atoms with Crippen molar-refractivity contribution in [1.82, 2.24) is 0 Å². The van der Waals surface area contributed by atoms with Crippen molar-refractivity contribution in [2.45, 2.75) is 44.3 Å². The van der Waals surface area contributed by atoms with Gasteiger partial charge in [-0.05, 0) is 37.1 Å². The largest absolute Gasteiger partial charge is 0.469 e. The second-order valence-electron chi connectivity index (χ2n) is 8.19. The Kier molecular flexibility index (Phi) is 9.01. The number of aliphatic hydroxyl groups is 1. The summed E-state index contributed by atoms with van der Waals surface area (Å²) < 4.78 is 16.3. The molecule has 4 atom stereocenters. The molecule has 1 aliphatic rings. The highest BCUT2D eigenvalue weighted by Crippen LogP contribution is 2.40. The summed E-state index contributed by atoms with van der Waals surface area (Å²) in [6.07, 6.45) is 1.44.